The van der Waals surface area contributed by atoms with E-state index in [1.165, 1.54) is 23.4 Å². The summed E-state index contributed by atoms with van der Waals surface area (Å²) in [6.45, 7) is 7.58. The molecule has 0 aromatic carbocycles. The first kappa shape index (κ1) is 12.8. The Morgan fingerprint density at radius 1 is 1.53 bits per heavy atom. The van der Waals surface area contributed by atoms with Crippen LogP contribution < -0.4 is 10.2 Å². The molecule has 3 nitrogen and oxygen atoms in total. The summed E-state index contributed by atoms with van der Waals surface area (Å²) in [5.41, 5.74) is 1.19. The highest BCUT2D eigenvalue weighted by atomic mass is 32.1. The highest BCUT2D eigenvalue weighted by Gasteiger charge is 2.21. The fraction of sp³-hybridized carbons (Fsp3) is 0.769. The first-order chi connectivity index (χ1) is 8.11. The predicted molar refractivity (Wildman–Crippen MR) is 74.9 cm³/mol. The van der Waals surface area contributed by atoms with Gasteiger partial charge in [0.1, 0.15) is 0 Å². The van der Waals surface area contributed by atoms with Gasteiger partial charge in [-0.2, -0.15) is 0 Å². The summed E-state index contributed by atoms with van der Waals surface area (Å²) in [5.74, 6) is 0. The smallest absolute Gasteiger partial charge is 0.185 e. The van der Waals surface area contributed by atoms with Gasteiger partial charge in [0.15, 0.2) is 5.13 Å². The SMILES string of the molecule is CCC(C)N(C)c1nc(C)c(CNC2CC2)s1. The molecule has 0 amide bonds. The van der Waals surface area contributed by atoms with Crippen LogP contribution in [0.1, 0.15) is 43.7 Å². The van der Waals surface area contributed by atoms with E-state index in [-0.39, 0.29) is 0 Å². The van der Waals surface area contributed by atoms with Gasteiger partial charge < -0.3 is 10.2 Å². The van der Waals surface area contributed by atoms with Crippen LogP contribution in [0.3, 0.4) is 0 Å². The van der Waals surface area contributed by atoms with Crippen molar-refractivity contribution in [3.8, 4) is 0 Å². The van der Waals surface area contributed by atoms with Crippen molar-refractivity contribution in [2.75, 3.05) is 11.9 Å². The standard InChI is InChI=1S/C13H23N3S/c1-5-9(2)16(4)13-15-10(3)12(17-13)8-14-11-6-7-11/h9,11,14H,5-8H2,1-4H3. The van der Waals surface area contributed by atoms with Gasteiger partial charge in [0.2, 0.25) is 0 Å². The lowest BCUT2D eigenvalue weighted by Crippen LogP contribution is -2.27. The molecule has 0 bridgehead atoms. The number of thiazole rings is 1. The van der Waals surface area contributed by atoms with Crippen LogP contribution in [-0.2, 0) is 6.54 Å². The molecule has 2 rings (SSSR count). The van der Waals surface area contributed by atoms with E-state index in [0.717, 1.165) is 24.1 Å². The lowest BCUT2D eigenvalue weighted by Gasteiger charge is -2.22. The summed E-state index contributed by atoms with van der Waals surface area (Å²) < 4.78 is 0. The van der Waals surface area contributed by atoms with Gasteiger partial charge in [-0.1, -0.05) is 6.92 Å². The molecule has 0 saturated heterocycles. The molecule has 96 valence electrons. The van der Waals surface area contributed by atoms with Crippen LogP contribution in [0, 0.1) is 6.92 Å². The summed E-state index contributed by atoms with van der Waals surface area (Å²) >= 11 is 1.83. The first-order valence-electron chi connectivity index (χ1n) is 6.54. The van der Waals surface area contributed by atoms with Crippen LogP contribution in [0.15, 0.2) is 0 Å². The molecule has 4 heteroatoms. The fourth-order valence-electron chi connectivity index (χ4n) is 1.71. The quantitative estimate of drug-likeness (QED) is 0.845. The Bertz CT molecular complexity index is 371. The molecule has 1 saturated carbocycles. The normalized spacial score (nSPS) is 17.2. The molecular formula is C13H23N3S. The van der Waals surface area contributed by atoms with Crippen LogP contribution in [0.25, 0.3) is 0 Å². The van der Waals surface area contributed by atoms with E-state index in [2.05, 4.69) is 43.0 Å². The third-order valence-corrected chi connectivity index (χ3v) is 4.81. The molecule has 17 heavy (non-hydrogen) atoms. The van der Waals surface area contributed by atoms with E-state index in [4.69, 9.17) is 0 Å². The molecule has 0 aliphatic heterocycles. The maximum absolute atomic E-state index is 4.68. The van der Waals surface area contributed by atoms with E-state index in [1.807, 2.05) is 11.3 Å². The average Bonchev–Trinajstić information content (AvgIpc) is 3.08. The summed E-state index contributed by atoms with van der Waals surface area (Å²) in [5, 5.41) is 4.72. The molecule has 1 fully saturated rings. The Morgan fingerprint density at radius 3 is 2.82 bits per heavy atom. The molecule has 1 atom stereocenters. The molecule has 1 aromatic rings. The van der Waals surface area contributed by atoms with E-state index in [0.29, 0.717) is 6.04 Å². The molecule has 1 aromatic heterocycles. The topological polar surface area (TPSA) is 28.2 Å². The van der Waals surface area contributed by atoms with Gasteiger partial charge in [-0.05, 0) is 33.1 Å². The molecule has 0 spiro atoms. The third-order valence-electron chi connectivity index (χ3n) is 3.56. The van der Waals surface area contributed by atoms with Gasteiger partial charge in [-0.3, -0.25) is 0 Å². The maximum Gasteiger partial charge on any atom is 0.185 e. The first-order valence-corrected chi connectivity index (χ1v) is 7.36. The van der Waals surface area contributed by atoms with Gasteiger partial charge in [0.05, 0.1) is 5.69 Å². The van der Waals surface area contributed by atoms with E-state index in [9.17, 15) is 0 Å². The summed E-state index contributed by atoms with van der Waals surface area (Å²) in [4.78, 5) is 8.36. The van der Waals surface area contributed by atoms with Crippen LogP contribution in [0.5, 0.6) is 0 Å². The Balaban J connectivity index is 2.00. The van der Waals surface area contributed by atoms with Crippen molar-refractivity contribution in [1.82, 2.24) is 10.3 Å². The molecular weight excluding hydrogens is 230 g/mol. The van der Waals surface area contributed by atoms with Crippen LogP contribution in [-0.4, -0.2) is 24.1 Å². The predicted octanol–water partition coefficient (Wildman–Crippen LogP) is 2.94. The zero-order valence-corrected chi connectivity index (χ0v) is 12.1. The highest BCUT2D eigenvalue weighted by Crippen LogP contribution is 2.28. The minimum atomic E-state index is 0.560. The molecule has 1 N–H and O–H groups in total. The minimum Gasteiger partial charge on any atom is -0.348 e. The summed E-state index contributed by atoms with van der Waals surface area (Å²) in [7, 11) is 2.14. The zero-order chi connectivity index (χ0) is 12.4. The fourth-order valence-corrected chi connectivity index (χ4v) is 2.79. The number of hydrogen-bond donors (Lipinski definition) is 1. The number of anilines is 1. The second-order valence-electron chi connectivity index (χ2n) is 5.03. The van der Waals surface area contributed by atoms with Gasteiger partial charge in [-0.15, -0.1) is 11.3 Å². The Kier molecular flexibility index (Phi) is 4.05. The van der Waals surface area contributed by atoms with Gasteiger partial charge in [0.25, 0.3) is 0 Å². The Hall–Kier alpha value is -0.610. The number of nitrogens with one attached hydrogen (secondary N) is 1. The molecule has 1 heterocycles. The minimum absolute atomic E-state index is 0.560. The zero-order valence-electron chi connectivity index (χ0n) is 11.3. The van der Waals surface area contributed by atoms with Crippen molar-refractivity contribution >= 4 is 16.5 Å². The van der Waals surface area contributed by atoms with Gasteiger partial charge in [0, 0.05) is 30.6 Å². The monoisotopic (exact) mass is 253 g/mol. The number of aromatic nitrogens is 1. The second-order valence-corrected chi connectivity index (χ2v) is 6.09. The van der Waals surface area contributed by atoms with Crippen LogP contribution in [0.2, 0.25) is 0 Å². The third kappa shape index (κ3) is 3.19. The van der Waals surface area contributed by atoms with Crippen molar-refractivity contribution in [2.45, 2.75) is 58.7 Å². The number of nitrogens with zero attached hydrogens (tertiary/aromatic N) is 2. The molecule has 1 aliphatic carbocycles. The molecule has 0 radical (unpaired) electrons. The number of rotatable bonds is 6. The number of hydrogen-bond acceptors (Lipinski definition) is 4. The van der Waals surface area contributed by atoms with E-state index in [1.54, 1.807) is 0 Å². The van der Waals surface area contributed by atoms with Gasteiger partial charge >= 0.3 is 0 Å². The van der Waals surface area contributed by atoms with E-state index >= 15 is 0 Å². The number of aryl methyl sites for hydroxylation is 1. The second kappa shape index (κ2) is 5.36. The van der Waals surface area contributed by atoms with Crippen molar-refractivity contribution < 1.29 is 0 Å². The van der Waals surface area contributed by atoms with Crippen molar-refractivity contribution in [2.24, 2.45) is 0 Å². The van der Waals surface area contributed by atoms with Gasteiger partial charge in [-0.25, -0.2) is 4.98 Å². The lowest BCUT2D eigenvalue weighted by molar-refractivity contribution is 0.661. The Morgan fingerprint density at radius 2 is 2.24 bits per heavy atom. The summed E-state index contributed by atoms with van der Waals surface area (Å²) in [6.07, 6.45) is 3.85. The molecule has 1 aliphatic rings. The summed E-state index contributed by atoms with van der Waals surface area (Å²) in [6, 6.07) is 1.33. The largest absolute Gasteiger partial charge is 0.348 e. The molecule has 1 unspecified atom stereocenters. The van der Waals surface area contributed by atoms with Crippen molar-refractivity contribution in [3.05, 3.63) is 10.6 Å². The highest BCUT2D eigenvalue weighted by molar-refractivity contribution is 7.15. The van der Waals surface area contributed by atoms with Crippen LogP contribution in [0.4, 0.5) is 5.13 Å². The van der Waals surface area contributed by atoms with Crippen LogP contribution >= 0.6 is 11.3 Å². The van der Waals surface area contributed by atoms with Crippen molar-refractivity contribution in [3.63, 3.8) is 0 Å². The lowest BCUT2D eigenvalue weighted by atomic mass is 10.2. The maximum atomic E-state index is 4.68. The average molecular weight is 253 g/mol. The van der Waals surface area contributed by atoms with E-state index < -0.39 is 0 Å². The van der Waals surface area contributed by atoms with Crippen molar-refractivity contribution in [1.29, 1.82) is 0 Å². The Labute approximate surface area is 108 Å².